The first-order valence-corrected chi connectivity index (χ1v) is 7.06. The second-order valence-corrected chi connectivity index (χ2v) is 5.86. The largest absolute Gasteiger partial charge is 0.318 e. The van der Waals surface area contributed by atoms with E-state index in [0.717, 1.165) is 12.8 Å². The van der Waals surface area contributed by atoms with Gasteiger partial charge in [0.25, 0.3) is 0 Å². The van der Waals surface area contributed by atoms with E-state index in [9.17, 15) is 0 Å². The van der Waals surface area contributed by atoms with Crippen LogP contribution in [0.15, 0.2) is 42.5 Å². The third-order valence-electron chi connectivity index (χ3n) is 4.25. The zero-order chi connectivity index (χ0) is 13.5. The van der Waals surface area contributed by atoms with Crippen molar-refractivity contribution in [3.8, 4) is 0 Å². The lowest BCUT2D eigenvalue weighted by atomic mass is 9.72. The Kier molecular flexibility index (Phi) is 2.94. The number of aryl methyl sites for hydroxylation is 3. The second kappa shape index (κ2) is 4.50. The molecule has 0 saturated heterocycles. The van der Waals surface area contributed by atoms with Gasteiger partial charge >= 0.3 is 0 Å². The number of hydrogen-bond donors (Lipinski definition) is 1. The van der Waals surface area contributed by atoms with E-state index in [-0.39, 0.29) is 5.54 Å². The average molecular weight is 251 g/mol. The van der Waals surface area contributed by atoms with Crippen LogP contribution < -0.4 is 5.73 Å². The van der Waals surface area contributed by atoms with Crippen molar-refractivity contribution in [3.63, 3.8) is 0 Å². The summed E-state index contributed by atoms with van der Waals surface area (Å²) in [6, 6.07) is 15.3. The Morgan fingerprint density at radius 2 is 1.68 bits per heavy atom. The normalized spacial score (nSPS) is 22.1. The second-order valence-electron chi connectivity index (χ2n) is 5.86. The van der Waals surface area contributed by atoms with Crippen LogP contribution in [0.25, 0.3) is 0 Å². The molecule has 0 radical (unpaired) electrons. The van der Waals surface area contributed by atoms with Crippen LogP contribution in [0.3, 0.4) is 0 Å². The molecule has 1 aliphatic carbocycles. The minimum Gasteiger partial charge on any atom is -0.318 e. The molecule has 1 heteroatoms. The van der Waals surface area contributed by atoms with Crippen molar-refractivity contribution in [1.29, 1.82) is 0 Å². The van der Waals surface area contributed by atoms with Gasteiger partial charge in [-0.05, 0) is 49.8 Å². The summed E-state index contributed by atoms with van der Waals surface area (Å²) in [6.45, 7) is 4.29. The van der Waals surface area contributed by atoms with Crippen LogP contribution in [0.2, 0.25) is 0 Å². The van der Waals surface area contributed by atoms with E-state index in [1.165, 1.54) is 34.2 Å². The van der Waals surface area contributed by atoms with Gasteiger partial charge in [0.2, 0.25) is 0 Å². The molecule has 3 rings (SSSR count). The van der Waals surface area contributed by atoms with Crippen molar-refractivity contribution in [2.24, 2.45) is 5.73 Å². The van der Waals surface area contributed by atoms with Gasteiger partial charge in [0.05, 0.1) is 5.54 Å². The smallest absolute Gasteiger partial charge is 0.0668 e. The van der Waals surface area contributed by atoms with Gasteiger partial charge in [0.1, 0.15) is 0 Å². The summed E-state index contributed by atoms with van der Waals surface area (Å²) in [5.41, 5.74) is 13.1. The van der Waals surface area contributed by atoms with Crippen molar-refractivity contribution in [1.82, 2.24) is 0 Å². The Morgan fingerprint density at radius 1 is 1.00 bits per heavy atom. The van der Waals surface area contributed by atoms with E-state index in [1.54, 1.807) is 0 Å². The molecule has 1 aliphatic rings. The van der Waals surface area contributed by atoms with Crippen LogP contribution in [0.4, 0.5) is 0 Å². The maximum atomic E-state index is 6.83. The summed E-state index contributed by atoms with van der Waals surface area (Å²) >= 11 is 0. The Hall–Kier alpha value is -1.60. The first-order valence-electron chi connectivity index (χ1n) is 7.06. The van der Waals surface area contributed by atoms with Crippen molar-refractivity contribution in [2.45, 2.75) is 38.6 Å². The molecule has 2 aromatic carbocycles. The highest BCUT2D eigenvalue weighted by atomic mass is 14.8. The van der Waals surface area contributed by atoms with Gasteiger partial charge in [-0.2, -0.15) is 0 Å². The maximum Gasteiger partial charge on any atom is 0.0668 e. The van der Waals surface area contributed by atoms with Crippen LogP contribution in [0, 0.1) is 13.8 Å². The van der Waals surface area contributed by atoms with E-state index >= 15 is 0 Å². The van der Waals surface area contributed by atoms with Gasteiger partial charge in [-0.3, -0.25) is 0 Å². The Labute approximate surface area is 115 Å². The molecule has 0 saturated carbocycles. The molecule has 0 aliphatic heterocycles. The molecule has 0 aromatic heterocycles. The number of fused-ring (bicyclic) bond motifs is 1. The van der Waals surface area contributed by atoms with Crippen LogP contribution in [0.1, 0.15) is 40.7 Å². The first kappa shape index (κ1) is 12.4. The first-order chi connectivity index (χ1) is 9.09. The van der Waals surface area contributed by atoms with Crippen LogP contribution in [-0.2, 0) is 12.0 Å². The van der Waals surface area contributed by atoms with Crippen LogP contribution in [0.5, 0.6) is 0 Å². The van der Waals surface area contributed by atoms with E-state index in [0.29, 0.717) is 0 Å². The van der Waals surface area contributed by atoms with Gasteiger partial charge in [-0.1, -0.05) is 53.6 Å². The molecule has 1 nitrogen and oxygen atoms in total. The summed E-state index contributed by atoms with van der Waals surface area (Å²) in [4.78, 5) is 0. The van der Waals surface area contributed by atoms with E-state index in [1.807, 2.05) is 0 Å². The Morgan fingerprint density at radius 3 is 2.42 bits per heavy atom. The molecule has 0 bridgehead atoms. The molecule has 2 N–H and O–H groups in total. The van der Waals surface area contributed by atoms with Gasteiger partial charge in [-0.15, -0.1) is 0 Å². The molecular weight excluding hydrogens is 230 g/mol. The zero-order valence-electron chi connectivity index (χ0n) is 11.7. The molecule has 98 valence electrons. The molecule has 0 spiro atoms. The maximum absolute atomic E-state index is 6.83. The van der Waals surface area contributed by atoms with Crippen molar-refractivity contribution < 1.29 is 0 Å². The minimum absolute atomic E-state index is 0.314. The molecule has 19 heavy (non-hydrogen) atoms. The number of benzene rings is 2. The lowest BCUT2D eigenvalue weighted by molar-refractivity contribution is 0.442. The summed E-state index contributed by atoms with van der Waals surface area (Å²) < 4.78 is 0. The summed E-state index contributed by atoms with van der Waals surface area (Å²) in [5.74, 6) is 0. The molecular formula is C18H21N. The fraction of sp³-hybridized carbons (Fsp3) is 0.333. The van der Waals surface area contributed by atoms with Crippen LogP contribution in [-0.4, -0.2) is 0 Å². The third-order valence-corrected chi connectivity index (χ3v) is 4.25. The highest BCUT2D eigenvalue weighted by molar-refractivity contribution is 5.46. The van der Waals surface area contributed by atoms with Crippen molar-refractivity contribution in [3.05, 3.63) is 70.3 Å². The number of rotatable bonds is 1. The highest BCUT2D eigenvalue weighted by Gasteiger charge is 2.34. The van der Waals surface area contributed by atoms with Gasteiger partial charge in [-0.25, -0.2) is 0 Å². The van der Waals surface area contributed by atoms with Crippen molar-refractivity contribution >= 4 is 0 Å². The van der Waals surface area contributed by atoms with E-state index in [4.69, 9.17) is 5.73 Å². The summed E-state index contributed by atoms with van der Waals surface area (Å²) in [6.07, 6.45) is 3.35. The van der Waals surface area contributed by atoms with Gasteiger partial charge in [0.15, 0.2) is 0 Å². The van der Waals surface area contributed by atoms with Crippen molar-refractivity contribution in [2.75, 3.05) is 0 Å². The quantitative estimate of drug-likeness (QED) is 0.818. The summed E-state index contributed by atoms with van der Waals surface area (Å²) in [7, 11) is 0. The molecule has 0 amide bonds. The standard InChI is InChI=1S/C18H21N/c1-13-10-14(2)12-16(11-13)18(19)9-5-7-15-6-3-4-8-17(15)18/h3-4,6,8,10-12H,5,7,9,19H2,1-2H3. The minimum atomic E-state index is -0.314. The van der Waals surface area contributed by atoms with E-state index in [2.05, 4.69) is 56.3 Å². The van der Waals surface area contributed by atoms with Gasteiger partial charge in [0, 0.05) is 0 Å². The molecule has 1 unspecified atom stereocenters. The van der Waals surface area contributed by atoms with Crippen LogP contribution >= 0.6 is 0 Å². The Bertz CT molecular complexity index is 595. The number of hydrogen-bond acceptors (Lipinski definition) is 1. The van der Waals surface area contributed by atoms with Gasteiger partial charge < -0.3 is 5.73 Å². The predicted octanol–water partition coefficient (Wildman–Crippen LogP) is 3.84. The lowest BCUT2D eigenvalue weighted by Crippen LogP contribution is -2.41. The molecule has 0 fully saturated rings. The van der Waals surface area contributed by atoms with E-state index < -0.39 is 0 Å². The monoisotopic (exact) mass is 251 g/mol. The predicted molar refractivity (Wildman–Crippen MR) is 80.3 cm³/mol. The highest BCUT2D eigenvalue weighted by Crippen LogP contribution is 2.38. The Balaban J connectivity index is 2.18. The molecule has 0 heterocycles. The molecule has 1 atom stereocenters. The summed E-state index contributed by atoms with van der Waals surface area (Å²) in [5, 5.41) is 0. The number of nitrogens with two attached hydrogens (primary N) is 1. The SMILES string of the molecule is Cc1cc(C)cc(C2(N)CCCc3ccccc32)c1. The molecule has 2 aromatic rings. The lowest BCUT2D eigenvalue weighted by Gasteiger charge is -2.36. The third kappa shape index (κ3) is 2.08. The fourth-order valence-corrected chi connectivity index (χ4v) is 3.40. The zero-order valence-corrected chi connectivity index (χ0v) is 11.7. The fourth-order valence-electron chi connectivity index (χ4n) is 3.40. The average Bonchev–Trinajstić information content (AvgIpc) is 2.38. The topological polar surface area (TPSA) is 26.0 Å².